The molecular weight excluding hydrogens is 314 g/mol. The zero-order valence-electron chi connectivity index (χ0n) is 14.5. The van der Waals surface area contributed by atoms with Crippen molar-refractivity contribution in [1.29, 1.82) is 0 Å². The zero-order valence-corrected chi connectivity index (χ0v) is 14.5. The molecule has 6 nitrogen and oxygen atoms in total. The van der Waals surface area contributed by atoms with Gasteiger partial charge in [0.2, 0.25) is 0 Å². The summed E-state index contributed by atoms with van der Waals surface area (Å²) in [5.74, 6) is 1.98. The molecule has 0 saturated heterocycles. The van der Waals surface area contributed by atoms with Gasteiger partial charge in [0.15, 0.2) is 0 Å². The van der Waals surface area contributed by atoms with Gasteiger partial charge in [-0.25, -0.2) is 0 Å². The van der Waals surface area contributed by atoms with E-state index in [-0.39, 0.29) is 5.91 Å². The number of aryl methyl sites for hydroxylation is 2. The van der Waals surface area contributed by atoms with Gasteiger partial charge in [-0.15, -0.1) is 10.2 Å². The molecule has 0 radical (unpaired) electrons. The number of carbonyl (C=O) groups is 1. The predicted molar refractivity (Wildman–Crippen MR) is 96.6 cm³/mol. The van der Waals surface area contributed by atoms with Crippen LogP contribution in [0.4, 0.5) is 0 Å². The summed E-state index contributed by atoms with van der Waals surface area (Å²) in [6, 6.07) is 8.03. The van der Waals surface area contributed by atoms with Crippen molar-refractivity contribution in [1.82, 2.24) is 25.1 Å². The number of hydrogen-bond acceptors (Lipinski definition) is 3. The number of hydrogen-bond donors (Lipinski definition) is 2. The van der Waals surface area contributed by atoms with Crippen LogP contribution in [0.2, 0.25) is 0 Å². The quantitative estimate of drug-likeness (QED) is 0.768. The zero-order chi connectivity index (χ0) is 17.2. The minimum absolute atomic E-state index is 0.0792. The van der Waals surface area contributed by atoms with Crippen LogP contribution in [0, 0.1) is 6.92 Å². The summed E-state index contributed by atoms with van der Waals surface area (Å²) in [7, 11) is 0. The molecule has 3 aromatic rings. The molecule has 1 aromatic carbocycles. The number of aromatic amines is 1. The Balaban J connectivity index is 1.39. The molecular formula is C19H23N5O. The van der Waals surface area contributed by atoms with Crippen molar-refractivity contribution in [3.8, 4) is 0 Å². The van der Waals surface area contributed by atoms with Crippen molar-refractivity contribution in [2.24, 2.45) is 0 Å². The van der Waals surface area contributed by atoms with Crippen LogP contribution in [-0.2, 0) is 19.4 Å². The molecule has 0 aliphatic carbocycles. The number of H-pyrrole nitrogens is 1. The van der Waals surface area contributed by atoms with Gasteiger partial charge in [-0.1, -0.05) is 18.6 Å². The molecule has 1 amide bonds. The van der Waals surface area contributed by atoms with Gasteiger partial charge in [0.25, 0.3) is 5.91 Å². The molecule has 1 aliphatic heterocycles. The van der Waals surface area contributed by atoms with Gasteiger partial charge in [0, 0.05) is 36.8 Å². The van der Waals surface area contributed by atoms with Gasteiger partial charge in [-0.2, -0.15) is 0 Å². The van der Waals surface area contributed by atoms with Gasteiger partial charge in [0.1, 0.15) is 17.3 Å². The molecule has 130 valence electrons. The highest BCUT2D eigenvalue weighted by atomic mass is 16.1. The largest absolute Gasteiger partial charge is 0.351 e. The van der Waals surface area contributed by atoms with Gasteiger partial charge < -0.3 is 14.9 Å². The molecule has 0 unspecified atom stereocenters. The molecule has 1 aliphatic rings. The molecule has 0 fully saturated rings. The van der Waals surface area contributed by atoms with E-state index in [4.69, 9.17) is 0 Å². The highest BCUT2D eigenvalue weighted by molar-refractivity contribution is 5.98. The van der Waals surface area contributed by atoms with Crippen LogP contribution in [0.3, 0.4) is 0 Å². The number of aromatic nitrogens is 4. The van der Waals surface area contributed by atoms with Crippen LogP contribution in [-0.4, -0.2) is 32.2 Å². The Kier molecular flexibility index (Phi) is 4.26. The van der Waals surface area contributed by atoms with E-state index in [0.717, 1.165) is 35.5 Å². The van der Waals surface area contributed by atoms with Crippen molar-refractivity contribution < 1.29 is 4.79 Å². The Morgan fingerprint density at radius 3 is 3.08 bits per heavy atom. The highest BCUT2D eigenvalue weighted by Crippen LogP contribution is 2.17. The molecule has 6 heteroatoms. The van der Waals surface area contributed by atoms with E-state index in [2.05, 4.69) is 37.2 Å². The summed E-state index contributed by atoms with van der Waals surface area (Å²) >= 11 is 0. The number of nitrogens with one attached hydrogen (secondary N) is 2. The third-order valence-electron chi connectivity index (χ3n) is 4.84. The lowest BCUT2D eigenvalue weighted by atomic mass is 10.2. The minimum Gasteiger partial charge on any atom is -0.351 e. The van der Waals surface area contributed by atoms with Crippen LogP contribution in [0.5, 0.6) is 0 Å². The van der Waals surface area contributed by atoms with Crippen LogP contribution in [0.15, 0.2) is 24.3 Å². The standard InChI is InChI=1S/C19H23N5O/c1-13-6-7-14-12-16(21-15(14)11-13)19(25)20-9-8-18-23-22-17-5-3-2-4-10-24(17)18/h6-7,11-12,21H,2-5,8-10H2,1H3,(H,20,25). The van der Waals surface area contributed by atoms with Crippen molar-refractivity contribution in [3.05, 3.63) is 47.2 Å². The van der Waals surface area contributed by atoms with Gasteiger partial charge >= 0.3 is 0 Å². The van der Waals surface area contributed by atoms with Crippen LogP contribution >= 0.6 is 0 Å². The Morgan fingerprint density at radius 2 is 2.16 bits per heavy atom. The second-order valence-electron chi connectivity index (χ2n) is 6.77. The number of nitrogens with zero attached hydrogens (tertiary/aromatic N) is 3. The van der Waals surface area contributed by atoms with Crippen molar-refractivity contribution in [2.75, 3.05) is 6.54 Å². The van der Waals surface area contributed by atoms with E-state index < -0.39 is 0 Å². The maximum atomic E-state index is 12.4. The van der Waals surface area contributed by atoms with Crippen molar-refractivity contribution in [3.63, 3.8) is 0 Å². The first kappa shape index (κ1) is 15.9. The van der Waals surface area contributed by atoms with E-state index in [1.165, 1.54) is 24.8 Å². The van der Waals surface area contributed by atoms with E-state index in [9.17, 15) is 4.79 Å². The number of rotatable bonds is 4. The third kappa shape index (κ3) is 3.29. The van der Waals surface area contributed by atoms with E-state index in [1.807, 2.05) is 19.1 Å². The lowest BCUT2D eigenvalue weighted by molar-refractivity contribution is 0.0949. The summed E-state index contributed by atoms with van der Waals surface area (Å²) in [4.78, 5) is 15.6. The first-order valence-corrected chi connectivity index (χ1v) is 8.99. The van der Waals surface area contributed by atoms with Crippen molar-refractivity contribution in [2.45, 2.75) is 45.6 Å². The highest BCUT2D eigenvalue weighted by Gasteiger charge is 2.15. The Morgan fingerprint density at radius 1 is 1.24 bits per heavy atom. The number of amides is 1. The van der Waals surface area contributed by atoms with Gasteiger partial charge in [0.05, 0.1) is 0 Å². The Labute approximate surface area is 146 Å². The molecule has 2 aromatic heterocycles. The van der Waals surface area contributed by atoms with Gasteiger partial charge in [-0.3, -0.25) is 4.79 Å². The summed E-state index contributed by atoms with van der Waals surface area (Å²) in [5.41, 5.74) is 2.77. The minimum atomic E-state index is -0.0792. The van der Waals surface area contributed by atoms with E-state index in [0.29, 0.717) is 18.7 Å². The third-order valence-corrected chi connectivity index (χ3v) is 4.84. The lowest BCUT2D eigenvalue weighted by Gasteiger charge is -2.07. The second kappa shape index (κ2) is 6.70. The number of carbonyl (C=O) groups excluding carboxylic acids is 1. The monoisotopic (exact) mass is 337 g/mol. The second-order valence-corrected chi connectivity index (χ2v) is 6.77. The topological polar surface area (TPSA) is 75.6 Å². The molecule has 4 rings (SSSR count). The van der Waals surface area contributed by atoms with Crippen molar-refractivity contribution >= 4 is 16.8 Å². The predicted octanol–water partition coefficient (Wildman–Crippen LogP) is 2.77. The molecule has 2 N–H and O–H groups in total. The molecule has 0 atom stereocenters. The first-order valence-electron chi connectivity index (χ1n) is 8.99. The number of benzene rings is 1. The average molecular weight is 337 g/mol. The van der Waals surface area contributed by atoms with Crippen LogP contribution in [0.25, 0.3) is 10.9 Å². The SMILES string of the molecule is Cc1ccc2cc(C(=O)NCCc3nnc4n3CCCCC4)[nH]c2c1. The maximum Gasteiger partial charge on any atom is 0.267 e. The van der Waals surface area contributed by atoms with E-state index in [1.54, 1.807) is 0 Å². The van der Waals surface area contributed by atoms with Crippen LogP contribution in [0.1, 0.15) is 47.0 Å². The molecule has 3 heterocycles. The first-order chi connectivity index (χ1) is 12.2. The fourth-order valence-electron chi connectivity index (χ4n) is 3.48. The fourth-order valence-corrected chi connectivity index (χ4v) is 3.48. The Hall–Kier alpha value is -2.63. The molecule has 0 spiro atoms. The summed E-state index contributed by atoms with van der Waals surface area (Å²) in [6.07, 6.45) is 5.33. The molecule has 0 saturated carbocycles. The summed E-state index contributed by atoms with van der Waals surface area (Å²) in [6.45, 7) is 3.60. The number of fused-ring (bicyclic) bond motifs is 2. The average Bonchev–Trinajstić information content (AvgIpc) is 3.11. The van der Waals surface area contributed by atoms with Gasteiger partial charge in [-0.05, 0) is 37.5 Å². The van der Waals surface area contributed by atoms with Crippen LogP contribution < -0.4 is 5.32 Å². The maximum absolute atomic E-state index is 12.4. The molecule has 25 heavy (non-hydrogen) atoms. The normalized spacial score (nSPS) is 14.3. The summed E-state index contributed by atoms with van der Waals surface area (Å²) in [5, 5.41) is 12.6. The summed E-state index contributed by atoms with van der Waals surface area (Å²) < 4.78 is 2.23. The molecule has 0 bridgehead atoms. The van der Waals surface area contributed by atoms with E-state index >= 15 is 0 Å². The fraction of sp³-hybridized carbons (Fsp3) is 0.421. The Bertz CT molecular complexity index is 908. The lowest BCUT2D eigenvalue weighted by Crippen LogP contribution is -2.26. The smallest absolute Gasteiger partial charge is 0.267 e.